The van der Waals surface area contributed by atoms with Crippen LogP contribution in [0.5, 0.6) is 0 Å². The van der Waals surface area contributed by atoms with E-state index in [0.717, 1.165) is 12.1 Å². The third-order valence-corrected chi connectivity index (χ3v) is 5.76. The second-order valence-corrected chi connectivity index (χ2v) is 8.45. The molecule has 1 fully saturated rings. The van der Waals surface area contributed by atoms with Gasteiger partial charge < -0.3 is 15.5 Å². The smallest absolute Gasteiger partial charge is 0.346 e. The van der Waals surface area contributed by atoms with Crippen LogP contribution < -0.4 is 10.6 Å². The van der Waals surface area contributed by atoms with Crippen molar-refractivity contribution in [2.24, 2.45) is 5.92 Å². The third kappa shape index (κ3) is 6.26. The topological polar surface area (TPSA) is 91.4 Å². The summed E-state index contributed by atoms with van der Waals surface area (Å²) < 4.78 is 38.9. The van der Waals surface area contributed by atoms with Crippen molar-refractivity contribution >= 4 is 23.4 Å². The monoisotopic (exact) mass is 496 g/mol. The van der Waals surface area contributed by atoms with E-state index in [4.69, 9.17) is 0 Å². The summed E-state index contributed by atoms with van der Waals surface area (Å²) in [7, 11) is 0. The molecule has 2 aromatic carbocycles. The summed E-state index contributed by atoms with van der Waals surface area (Å²) in [6, 6.07) is 16.6. The minimum Gasteiger partial charge on any atom is -0.346 e. The molecule has 2 N–H and O–H groups in total. The molecule has 7 nitrogen and oxygen atoms in total. The number of likely N-dealkylation sites (tertiary alicyclic amines) is 1. The Morgan fingerprint density at radius 3 is 2.58 bits per heavy atom. The first-order valence-electron chi connectivity index (χ1n) is 11.2. The second kappa shape index (κ2) is 10.6. The zero-order chi connectivity index (χ0) is 25.7. The van der Waals surface area contributed by atoms with Gasteiger partial charge in [0.15, 0.2) is 0 Å². The highest BCUT2D eigenvalue weighted by molar-refractivity contribution is 5.99. The number of carbonyl (C=O) groups excluding carboxylic acids is 3. The highest BCUT2D eigenvalue weighted by Crippen LogP contribution is 2.30. The number of pyridine rings is 1. The molecule has 1 saturated heterocycles. The van der Waals surface area contributed by atoms with Gasteiger partial charge in [-0.25, -0.2) is 0 Å². The predicted molar refractivity (Wildman–Crippen MR) is 125 cm³/mol. The molecular weight excluding hydrogens is 473 g/mol. The Hall–Kier alpha value is -4.21. The van der Waals surface area contributed by atoms with E-state index in [-0.39, 0.29) is 37.9 Å². The summed E-state index contributed by atoms with van der Waals surface area (Å²) in [5.41, 5.74) is 0.996. The van der Waals surface area contributed by atoms with Crippen LogP contribution in [0.3, 0.4) is 0 Å². The molecule has 1 aliphatic heterocycles. The summed E-state index contributed by atoms with van der Waals surface area (Å²) >= 11 is 0. The second-order valence-electron chi connectivity index (χ2n) is 8.45. The van der Waals surface area contributed by atoms with E-state index in [1.54, 1.807) is 36.5 Å². The van der Waals surface area contributed by atoms with Gasteiger partial charge in [0.05, 0.1) is 23.7 Å². The van der Waals surface area contributed by atoms with E-state index in [1.165, 1.54) is 23.1 Å². The van der Waals surface area contributed by atoms with Crippen LogP contribution >= 0.6 is 0 Å². The van der Waals surface area contributed by atoms with Crippen molar-refractivity contribution in [3.8, 4) is 0 Å². The number of halogens is 3. The van der Waals surface area contributed by atoms with Crippen LogP contribution in [0.2, 0.25) is 0 Å². The van der Waals surface area contributed by atoms with Crippen LogP contribution in [-0.4, -0.2) is 34.2 Å². The Kier molecular flexibility index (Phi) is 7.33. The molecule has 1 aliphatic rings. The molecular formula is C26H23F3N4O3. The molecule has 0 spiro atoms. The first-order chi connectivity index (χ1) is 17.2. The molecule has 1 unspecified atom stereocenters. The zero-order valence-corrected chi connectivity index (χ0v) is 19.1. The van der Waals surface area contributed by atoms with Gasteiger partial charge >= 0.3 is 6.18 Å². The zero-order valence-electron chi connectivity index (χ0n) is 19.1. The maximum Gasteiger partial charge on any atom is 0.416 e. The fourth-order valence-corrected chi connectivity index (χ4v) is 3.93. The van der Waals surface area contributed by atoms with Crippen molar-refractivity contribution in [1.82, 2.24) is 15.2 Å². The van der Waals surface area contributed by atoms with Gasteiger partial charge in [-0.2, -0.15) is 13.2 Å². The quantitative estimate of drug-likeness (QED) is 0.517. The summed E-state index contributed by atoms with van der Waals surface area (Å²) in [4.78, 5) is 43.2. The number of anilines is 1. The van der Waals surface area contributed by atoms with Crippen molar-refractivity contribution in [2.75, 3.05) is 11.9 Å². The lowest BCUT2D eigenvalue weighted by Gasteiger charge is -2.18. The lowest BCUT2D eigenvalue weighted by Crippen LogP contribution is -2.28. The molecule has 0 bridgehead atoms. The number of aromatic nitrogens is 1. The van der Waals surface area contributed by atoms with Gasteiger partial charge in [0, 0.05) is 37.0 Å². The third-order valence-electron chi connectivity index (χ3n) is 5.76. The average Bonchev–Trinajstić information content (AvgIpc) is 3.23. The van der Waals surface area contributed by atoms with Crippen LogP contribution in [-0.2, 0) is 28.9 Å². The van der Waals surface area contributed by atoms with E-state index in [1.807, 2.05) is 6.07 Å². The minimum absolute atomic E-state index is 0.0154. The van der Waals surface area contributed by atoms with Gasteiger partial charge in [-0.15, -0.1) is 0 Å². The minimum atomic E-state index is -4.47. The summed E-state index contributed by atoms with van der Waals surface area (Å²) in [5, 5.41) is 5.49. The lowest BCUT2D eigenvalue weighted by atomic mass is 10.1. The molecule has 2 heterocycles. The van der Waals surface area contributed by atoms with Crippen LogP contribution in [0.25, 0.3) is 0 Å². The SMILES string of the molecule is O=C(NCc1ccccn1)c1cccc(NC(=O)C2CC(=O)N(Cc3cccc(C(F)(F)F)c3)C2)c1. The van der Waals surface area contributed by atoms with Gasteiger partial charge in [-0.05, 0) is 48.0 Å². The predicted octanol–water partition coefficient (Wildman–Crippen LogP) is 4.02. The van der Waals surface area contributed by atoms with E-state index in [9.17, 15) is 27.6 Å². The largest absolute Gasteiger partial charge is 0.416 e. The molecule has 3 amide bonds. The van der Waals surface area contributed by atoms with Crippen molar-refractivity contribution in [3.05, 3.63) is 95.3 Å². The molecule has 10 heteroatoms. The fourth-order valence-electron chi connectivity index (χ4n) is 3.93. The summed E-state index contributed by atoms with van der Waals surface area (Å²) in [5.74, 6) is -1.71. The number of rotatable bonds is 7. The van der Waals surface area contributed by atoms with Crippen molar-refractivity contribution in [3.63, 3.8) is 0 Å². The van der Waals surface area contributed by atoms with Gasteiger partial charge in [-0.3, -0.25) is 19.4 Å². The van der Waals surface area contributed by atoms with Gasteiger partial charge in [0.1, 0.15) is 0 Å². The van der Waals surface area contributed by atoms with Crippen LogP contribution in [0, 0.1) is 5.92 Å². The molecule has 0 saturated carbocycles. The number of hydrogen-bond donors (Lipinski definition) is 2. The van der Waals surface area contributed by atoms with E-state index in [0.29, 0.717) is 22.5 Å². The Labute approximate surface area is 205 Å². The maximum atomic E-state index is 13.0. The van der Waals surface area contributed by atoms with Crippen molar-refractivity contribution < 1.29 is 27.6 Å². The van der Waals surface area contributed by atoms with E-state index in [2.05, 4.69) is 15.6 Å². The summed E-state index contributed by atoms with van der Waals surface area (Å²) in [6.07, 6.45) is -2.89. The molecule has 3 aromatic rings. The van der Waals surface area contributed by atoms with Crippen molar-refractivity contribution in [2.45, 2.75) is 25.7 Å². The highest BCUT2D eigenvalue weighted by Gasteiger charge is 2.35. The number of nitrogens with one attached hydrogen (secondary N) is 2. The van der Waals surface area contributed by atoms with E-state index >= 15 is 0 Å². The van der Waals surface area contributed by atoms with Crippen LogP contribution in [0.4, 0.5) is 18.9 Å². The first kappa shape index (κ1) is 24.9. The van der Waals surface area contributed by atoms with Gasteiger partial charge in [-0.1, -0.05) is 24.3 Å². The maximum absolute atomic E-state index is 13.0. The standard InChI is InChI=1S/C26H23F3N4O3/c27-26(28,29)20-7-3-5-17(11-20)15-33-16-19(13-23(33)34)25(36)32-21-9-4-6-18(12-21)24(35)31-14-22-8-1-2-10-30-22/h1-12,19H,13-16H2,(H,31,35)(H,32,36). The summed E-state index contributed by atoms with van der Waals surface area (Å²) in [6.45, 7) is 0.325. The lowest BCUT2D eigenvalue weighted by molar-refractivity contribution is -0.137. The first-order valence-corrected chi connectivity index (χ1v) is 11.2. The molecule has 36 heavy (non-hydrogen) atoms. The van der Waals surface area contributed by atoms with Crippen LogP contribution in [0.1, 0.15) is 33.6 Å². The Morgan fingerprint density at radius 2 is 1.83 bits per heavy atom. The van der Waals surface area contributed by atoms with Gasteiger partial charge in [0.2, 0.25) is 11.8 Å². The molecule has 0 aliphatic carbocycles. The molecule has 1 aromatic heterocycles. The number of hydrogen-bond acceptors (Lipinski definition) is 4. The number of carbonyl (C=O) groups is 3. The number of amides is 3. The Bertz CT molecular complexity index is 1260. The Morgan fingerprint density at radius 1 is 1.03 bits per heavy atom. The molecule has 0 radical (unpaired) electrons. The van der Waals surface area contributed by atoms with Crippen molar-refractivity contribution in [1.29, 1.82) is 0 Å². The fraction of sp³-hybridized carbons (Fsp3) is 0.231. The number of nitrogens with zero attached hydrogens (tertiary/aromatic N) is 2. The molecule has 1 atom stereocenters. The average molecular weight is 496 g/mol. The number of alkyl halides is 3. The normalized spacial score (nSPS) is 15.6. The van der Waals surface area contributed by atoms with E-state index < -0.39 is 23.6 Å². The Balaban J connectivity index is 1.34. The van der Waals surface area contributed by atoms with Gasteiger partial charge in [0.25, 0.3) is 5.91 Å². The molecule has 186 valence electrons. The van der Waals surface area contributed by atoms with Crippen LogP contribution in [0.15, 0.2) is 72.9 Å². The molecule has 4 rings (SSSR count). The highest BCUT2D eigenvalue weighted by atomic mass is 19.4. The number of benzene rings is 2.